The number of rotatable bonds is 3. The van der Waals surface area contributed by atoms with Crippen LogP contribution in [0.2, 0.25) is 5.02 Å². The predicted octanol–water partition coefficient (Wildman–Crippen LogP) is 3.30. The highest BCUT2D eigenvalue weighted by atomic mass is 35.5. The zero-order chi connectivity index (χ0) is 14.5. The van der Waals surface area contributed by atoms with Crippen molar-refractivity contribution in [1.29, 1.82) is 0 Å². The maximum absolute atomic E-state index is 12.0. The van der Waals surface area contributed by atoms with Crippen molar-refractivity contribution in [3.05, 3.63) is 81.0 Å². The molecule has 0 saturated carbocycles. The quantitative estimate of drug-likeness (QED) is 0.696. The highest BCUT2D eigenvalue weighted by Gasteiger charge is 2.09. The van der Waals surface area contributed by atoms with Crippen molar-refractivity contribution in [2.75, 3.05) is 0 Å². The molecule has 0 aliphatic carbocycles. The second-order valence-corrected chi connectivity index (χ2v) is 4.53. The largest absolute Gasteiger partial charge is 0.504 e. The zero-order valence-corrected chi connectivity index (χ0v) is 11.2. The van der Waals surface area contributed by atoms with Gasteiger partial charge in [0.1, 0.15) is 0 Å². The molecule has 1 N–H and O–H groups in total. The number of hydrogen-bond acceptors (Lipinski definition) is 3. The molecule has 0 bridgehead atoms. The minimum Gasteiger partial charge on any atom is -0.504 e. The molecule has 0 saturated heterocycles. The molecule has 0 aliphatic heterocycles. The maximum atomic E-state index is 12.0. The van der Waals surface area contributed by atoms with E-state index < -0.39 is 17.0 Å². The van der Waals surface area contributed by atoms with Crippen LogP contribution in [0.25, 0.3) is 6.08 Å². The summed E-state index contributed by atoms with van der Waals surface area (Å²) in [4.78, 5) is 23.4. The van der Waals surface area contributed by atoms with Crippen LogP contribution in [0.1, 0.15) is 15.9 Å². The Hall–Kier alpha value is -2.39. The predicted molar refractivity (Wildman–Crippen MR) is 79.2 cm³/mol. The first-order chi connectivity index (χ1) is 9.58. The van der Waals surface area contributed by atoms with Gasteiger partial charge in [-0.2, -0.15) is 0 Å². The van der Waals surface area contributed by atoms with Crippen LogP contribution in [0.3, 0.4) is 0 Å². The molecule has 100 valence electrons. The van der Waals surface area contributed by atoms with Crippen LogP contribution in [0.5, 0.6) is 5.75 Å². The molecule has 2 aromatic rings. The van der Waals surface area contributed by atoms with Gasteiger partial charge in [-0.3, -0.25) is 9.59 Å². The Labute approximate surface area is 120 Å². The van der Waals surface area contributed by atoms with Crippen LogP contribution in [0, 0.1) is 0 Å². The summed E-state index contributed by atoms with van der Waals surface area (Å²) in [5, 5.41) is 10.2. The lowest BCUT2D eigenvalue weighted by Crippen LogP contribution is -2.01. The molecule has 3 nitrogen and oxygen atoms in total. The van der Waals surface area contributed by atoms with Gasteiger partial charge in [-0.05, 0) is 35.9 Å². The average molecular weight is 287 g/mol. The van der Waals surface area contributed by atoms with Crippen molar-refractivity contribution in [2.45, 2.75) is 0 Å². The van der Waals surface area contributed by atoms with Crippen molar-refractivity contribution in [3.63, 3.8) is 0 Å². The van der Waals surface area contributed by atoms with Crippen LogP contribution in [-0.2, 0) is 0 Å². The van der Waals surface area contributed by atoms with Gasteiger partial charge >= 0.3 is 0 Å². The number of aromatic hydroxyl groups is 1. The van der Waals surface area contributed by atoms with Gasteiger partial charge in [-0.15, -0.1) is 0 Å². The Morgan fingerprint density at radius 1 is 1.10 bits per heavy atom. The normalized spacial score (nSPS) is 10.7. The van der Waals surface area contributed by atoms with E-state index in [9.17, 15) is 14.7 Å². The Morgan fingerprint density at radius 3 is 2.60 bits per heavy atom. The van der Waals surface area contributed by atoms with Gasteiger partial charge in [0.05, 0.1) is 5.56 Å². The number of hydrogen-bond donors (Lipinski definition) is 1. The van der Waals surface area contributed by atoms with Crippen LogP contribution >= 0.6 is 11.6 Å². The van der Waals surface area contributed by atoms with Crippen LogP contribution in [-0.4, -0.2) is 10.9 Å². The maximum Gasteiger partial charge on any atom is 0.220 e. The van der Waals surface area contributed by atoms with Gasteiger partial charge in [-0.1, -0.05) is 41.9 Å². The number of carbonyl (C=O) groups is 1. The van der Waals surface area contributed by atoms with Gasteiger partial charge in [0.15, 0.2) is 11.5 Å². The second-order valence-electron chi connectivity index (χ2n) is 4.10. The highest BCUT2D eigenvalue weighted by molar-refractivity contribution is 6.30. The van der Waals surface area contributed by atoms with Crippen molar-refractivity contribution in [3.8, 4) is 5.75 Å². The van der Waals surface area contributed by atoms with Crippen LogP contribution in [0.4, 0.5) is 0 Å². The second kappa shape index (κ2) is 6.17. The first-order valence-corrected chi connectivity index (χ1v) is 6.26. The third-order valence-electron chi connectivity index (χ3n) is 2.65. The Balaban J connectivity index is 2.32. The molecule has 20 heavy (non-hydrogen) atoms. The lowest BCUT2D eigenvalue weighted by molar-refractivity contribution is 0.104. The van der Waals surface area contributed by atoms with Crippen LogP contribution in [0.15, 0.2) is 59.4 Å². The molecule has 0 atom stereocenters. The number of halogens is 1. The minimum atomic E-state index is -0.588. The first kappa shape index (κ1) is 14.0. The summed E-state index contributed by atoms with van der Waals surface area (Å²) >= 11 is 5.84. The van der Waals surface area contributed by atoms with Gasteiger partial charge in [0, 0.05) is 5.02 Å². The van der Waals surface area contributed by atoms with Gasteiger partial charge in [0.25, 0.3) is 0 Å². The Bertz CT molecular complexity index is 736. The fourth-order valence-electron chi connectivity index (χ4n) is 1.66. The third kappa shape index (κ3) is 3.33. The Morgan fingerprint density at radius 2 is 1.85 bits per heavy atom. The van der Waals surface area contributed by atoms with E-state index in [-0.39, 0.29) is 5.56 Å². The van der Waals surface area contributed by atoms with E-state index in [2.05, 4.69) is 0 Å². The van der Waals surface area contributed by atoms with Gasteiger partial charge in [-0.25, -0.2) is 0 Å². The summed E-state index contributed by atoms with van der Waals surface area (Å²) < 4.78 is 0. The van der Waals surface area contributed by atoms with Gasteiger partial charge < -0.3 is 5.11 Å². The molecular formula is C16H11ClO3. The summed E-state index contributed by atoms with van der Waals surface area (Å²) in [6, 6.07) is 12.6. The molecule has 2 aromatic carbocycles. The molecule has 0 aromatic heterocycles. The topological polar surface area (TPSA) is 54.4 Å². The molecule has 4 heteroatoms. The third-order valence-corrected chi connectivity index (χ3v) is 2.89. The number of carbonyl (C=O) groups excluding carboxylic acids is 1. The van der Waals surface area contributed by atoms with Crippen LogP contribution < -0.4 is 5.43 Å². The van der Waals surface area contributed by atoms with E-state index in [4.69, 9.17) is 11.6 Å². The summed E-state index contributed by atoms with van der Waals surface area (Å²) in [6.07, 6.45) is 2.87. The first-order valence-electron chi connectivity index (χ1n) is 5.88. The summed E-state index contributed by atoms with van der Waals surface area (Å²) in [5.41, 5.74) is 0.140. The molecule has 0 heterocycles. The Kier molecular flexibility index (Phi) is 4.33. The molecule has 0 aliphatic rings. The summed E-state index contributed by atoms with van der Waals surface area (Å²) in [7, 11) is 0. The van der Waals surface area contributed by atoms with Crippen molar-refractivity contribution >= 4 is 23.5 Å². The highest BCUT2D eigenvalue weighted by Crippen LogP contribution is 2.14. The molecule has 0 radical (unpaired) electrons. The molecule has 0 fully saturated rings. The van der Waals surface area contributed by atoms with E-state index in [0.29, 0.717) is 5.02 Å². The molecular weight excluding hydrogens is 276 g/mol. The van der Waals surface area contributed by atoms with Gasteiger partial charge in [0.2, 0.25) is 5.43 Å². The van der Waals surface area contributed by atoms with Crippen molar-refractivity contribution in [1.82, 2.24) is 0 Å². The lowest BCUT2D eigenvalue weighted by Gasteiger charge is -1.96. The van der Waals surface area contributed by atoms with Crippen molar-refractivity contribution < 1.29 is 9.90 Å². The average Bonchev–Trinajstić information content (AvgIpc) is 2.59. The van der Waals surface area contributed by atoms with Crippen molar-refractivity contribution in [2.24, 2.45) is 0 Å². The van der Waals surface area contributed by atoms with E-state index in [1.165, 1.54) is 30.3 Å². The molecule has 0 spiro atoms. The minimum absolute atomic E-state index is 0.0294. The molecule has 0 unspecified atom stereocenters. The zero-order valence-electron chi connectivity index (χ0n) is 10.4. The number of ketones is 1. The van der Waals surface area contributed by atoms with E-state index in [1.54, 1.807) is 30.3 Å². The fraction of sp³-hybridized carbons (Fsp3) is 0. The standard InChI is InChI=1S/C16H11ClO3/c17-12-5-3-4-11(10-12)8-9-14(18)13-6-1-2-7-15(19)16(13)20/h1-10H,(H,19,20)/b9-8-. The summed E-state index contributed by atoms with van der Waals surface area (Å²) in [5.74, 6) is -0.994. The fourth-order valence-corrected chi connectivity index (χ4v) is 1.85. The molecule has 0 amide bonds. The smallest absolute Gasteiger partial charge is 0.220 e. The summed E-state index contributed by atoms with van der Waals surface area (Å²) in [6.45, 7) is 0. The van der Waals surface area contributed by atoms with E-state index in [0.717, 1.165) is 5.56 Å². The van der Waals surface area contributed by atoms with E-state index in [1.807, 2.05) is 0 Å². The number of benzene rings is 1. The van der Waals surface area contributed by atoms with E-state index >= 15 is 0 Å². The molecule has 2 rings (SSSR count). The monoisotopic (exact) mass is 286 g/mol. The SMILES string of the molecule is O=C(/C=C\c1cccc(Cl)c1)c1ccccc(=O)c1O. The lowest BCUT2D eigenvalue weighted by atomic mass is 10.1. The number of allylic oxidation sites excluding steroid dienone is 1.